The summed E-state index contributed by atoms with van der Waals surface area (Å²) in [4.78, 5) is 28.2. The van der Waals surface area contributed by atoms with Crippen LogP contribution in [0.15, 0.2) is 66.7 Å². The van der Waals surface area contributed by atoms with E-state index in [9.17, 15) is 9.59 Å². The van der Waals surface area contributed by atoms with E-state index in [4.69, 9.17) is 9.47 Å². The first-order chi connectivity index (χ1) is 16.5. The third-order valence-electron chi connectivity index (χ3n) is 5.97. The minimum atomic E-state index is -0.608. The van der Waals surface area contributed by atoms with E-state index in [-0.39, 0.29) is 31.0 Å². The average Bonchev–Trinajstić information content (AvgIpc) is 2.87. The molecule has 3 aromatic carbocycles. The maximum atomic E-state index is 13.5. The first-order valence-corrected chi connectivity index (χ1v) is 11.8. The molecule has 0 bridgehead atoms. The van der Waals surface area contributed by atoms with Crippen LogP contribution in [0.5, 0.6) is 11.5 Å². The summed E-state index contributed by atoms with van der Waals surface area (Å²) >= 11 is 0. The van der Waals surface area contributed by atoms with E-state index < -0.39 is 6.04 Å². The highest BCUT2D eigenvalue weighted by molar-refractivity contribution is 5.90. The van der Waals surface area contributed by atoms with Crippen molar-refractivity contribution >= 4 is 22.6 Å². The van der Waals surface area contributed by atoms with Crippen LogP contribution in [0.25, 0.3) is 10.8 Å². The minimum Gasteiger partial charge on any atom is -0.497 e. The lowest BCUT2D eigenvalue weighted by Gasteiger charge is -2.31. The summed E-state index contributed by atoms with van der Waals surface area (Å²) in [6.45, 7) is 6.01. The predicted molar refractivity (Wildman–Crippen MR) is 135 cm³/mol. The molecule has 0 aromatic heterocycles. The molecule has 0 aliphatic carbocycles. The lowest BCUT2D eigenvalue weighted by atomic mass is 10.1. The SMILES string of the molecule is CC[C@H](C)NC(=O)[C@H](CC)N(Cc1cccc(OC)c1)C(=O)COc1cccc2ccccc12. The molecule has 34 heavy (non-hydrogen) atoms. The number of carbonyl (C=O) groups is 2. The van der Waals surface area contributed by atoms with E-state index >= 15 is 0 Å². The molecule has 0 saturated heterocycles. The fraction of sp³-hybridized carbons (Fsp3) is 0.357. The molecule has 0 aliphatic rings. The molecule has 3 aromatic rings. The van der Waals surface area contributed by atoms with E-state index in [1.54, 1.807) is 12.0 Å². The Morgan fingerprint density at radius 1 is 0.971 bits per heavy atom. The fourth-order valence-corrected chi connectivity index (χ4v) is 3.87. The van der Waals surface area contributed by atoms with Gasteiger partial charge in [-0.1, -0.05) is 62.4 Å². The van der Waals surface area contributed by atoms with Crippen molar-refractivity contribution in [2.45, 2.75) is 52.2 Å². The minimum absolute atomic E-state index is 0.0299. The monoisotopic (exact) mass is 462 g/mol. The number of rotatable bonds is 11. The number of amides is 2. The van der Waals surface area contributed by atoms with E-state index in [2.05, 4.69) is 5.32 Å². The van der Waals surface area contributed by atoms with Crippen LogP contribution in [0.3, 0.4) is 0 Å². The average molecular weight is 463 g/mol. The molecule has 0 fully saturated rings. The van der Waals surface area contributed by atoms with Crippen molar-refractivity contribution in [3.05, 3.63) is 72.3 Å². The normalized spacial score (nSPS) is 12.6. The Bertz CT molecular complexity index is 1110. The Morgan fingerprint density at radius 2 is 1.71 bits per heavy atom. The maximum absolute atomic E-state index is 13.5. The Hall–Kier alpha value is -3.54. The second kappa shape index (κ2) is 12.1. The van der Waals surface area contributed by atoms with Gasteiger partial charge in [-0.15, -0.1) is 0 Å². The molecule has 2 amide bonds. The molecule has 6 nitrogen and oxygen atoms in total. The first-order valence-electron chi connectivity index (χ1n) is 11.8. The van der Waals surface area contributed by atoms with Crippen molar-refractivity contribution < 1.29 is 19.1 Å². The lowest BCUT2D eigenvalue weighted by Crippen LogP contribution is -2.51. The highest BCUT2D eigenvalue weighted by Crippen LogP contribution is 2.25. The molecule has 0 aliphatic heterocycles. The van der Waals surface area contributed by atoms with Crippen molar-refractivity contribution in [3.63, 3.8) is 0 Å². The van der Waals surface area contributed by atoms with Gasteiger partial charge in [-0.3, -0.25) is 9.59 Å². The quantitative estimate of drug-likeness (QED) is 0.438. The van der Waals surface area contributed by atoms with Crippen LogP contribution in [-0.4, -0.2) is 42.5 Å². The number of nitrogens with one attached hydrogen (secondary N) is 1. The van der Waals surface area contributed by atoms with Crippen LogP contribution in [0.1, 0.15) is 39.2 Å². The number of benzene rings is 3. The molecule has 0 unspecified atom stereocenters. The number of methoxy groups -OCH3 is 1. The van der Waals surface area contributed by atoms with Gasteiger partial charge in [0.1, 0.15) is 17.5 Å². The highest BCUT2D eigenvalue weighted by atomic mass is 16.5. The summed E-state index contributed by atoms with van der Waals surface area (Å²) < 4.78 is 11.3. The summed E-state index contributed by atoms with van der Waals surface area (Å²) in [6, 6.07) is 20.6. The summed E-state index contributed by atoms with van der Waals surface area (Å²) in [5.41, 5.74) is 0.882. The Labute approximate surface area is 201 Å². The second-order valence-corrected chi connectivity index (χ2v) is 8.38. The van der Waals surface area contributed by atoms with Crippen LogP contribution in [0.2, 0.25) is 0 Å². The topological polar surface area (TPSA) is 67.9 Å². The van der Waals surface area contributed by atoms with Gasteiger partial charge >= 0.3 is 0 Å². The summed E-state index contributed by atoms with van der Waals surface area (Å²) in [5, 5.41) is 5.01. The summed E-state index contributed by atoms with van der Waals surface area (Å²) in [7, 11) is 1.61. The third-order valence-corrected chi connectivity index (χ3v) is 5.97. The first kappa shape index (κ1) is 25.1. The van der Waals surface area contributed by atoms with Crippen molar-refractivity contribution in [1.29, 1.82) is 0 Å². The van der Waals surface area contributed by atoms with Crippen molar-refractivity contribution in [3.8, 4) is 11.5 Å². The zero-order valence-corrected chi connectivity index (χ0v) is 20.4. The number of hydrogen-bond acceptors (Lipinski definition) is 4. The smallest absolute Gasteiger partial charge is 0.261 e. The molecule has 6 heteroatoms. The van der Waals surface area contributed by atoms with Gasteiger partial charge in [0, 0.05) is 18.0 Å². The molecular weight excluding hydrogens is 428 g/mol. The van der Waals surface area contributed by atoms with E-state index in [0.29, 0.717) is 17.9 Å². The largest absolute Gasteiger partial charge is 0.497 e. The third kappa shape index (κ3) is 6.28. The highest BCUT2D eigenvalue weighted by Gasteiger charge is 2.29. The van der Waals surface area contributed by atoms with Gasteiger partial charge in [0.15, 0.2) is 6.61 Å². The van der Waals surface area contributed by atoms with Gasteiger partial charge in [-0.2, -0.15) is 0 Å². The fourth-order valence-electron chi connectivity index (χ4n) is 3.87. The van der Waals surface area contributed by atoms with Gasteiger partial charge < -0.3 is 19.7 Å². The Balaban J connectivity index is 1.84. The molecule has 0 radical (unpaired) electrons. The van der Waals surface area contributed by atoms with E-state index in [1.807, 2.05) is 87.5 Å². The molecule has 2 atom stereocenters. The van der Waals surface area contributed by atoms with Crippen LogP contribution < -0.4 is 14.8 Å². The summed E-state index contributed by atoms with van der Waals surface area (Å²) in [5.74, 6) is 0.944. The molecule has 1 N–H and O–H groups in total. The molecule has 180 valence electrons. The standard InChI is InChI=1S/C28H34N2O4/c1-5-20(3)29-28(32)25(6-2)30(18-21-11-9-14-23(17-21)33-4)27(31)19-34-26-16-10-13-22-12-7-8-15-24(22)26/h7-17,20,25H,5-6,18-19H2,1-4H3,(H,29,32)/t20-,25-/m0/s1. The van der Waals surface area contributed by atoms with Crippen LogP contribution in [0.4, 0.5) is 0 Å². The Kier molecular flexibility index (Phi) is 8.91. The van der Waals surface area contributed by atoms with Gasteiger partial charge in [0.05, 0.1) is 7.11 Å². The number of hydrogen-bond donors (Lipinski definition) is 1. The van der Waals surface area contributed by atoms with Gasteiger partial charge in [0.2, 0.25) is 5.91 Å². The van der Waals surface area contributed by atoms with Crippen molar-refractivity contribution in [2.24, 2.45) is 0 Å². The van der Waals surface area contributed by atoms with E-state index in [0.717, 1.165) is 22.8 Å². The number of fused-ring (bicyclic) bond motifs is 1. The zero-order chi connectivity index (χ0) is 24.5. The van der Waals surface area contributed by atoms with Crippen LogP contribution >= 0.6 is 0 Å². The van der Waals surface area contributed by atoms with Crippen LogP contribution in [0, 0.1) is 0 Å². The summed E-state index contributed by atoms with van der Waals surface area (Å²) in [6.07, 6.45) is 1.31. The maximum Gasteiger partial charge on any atom is 0.261 e. The van der Waals surface area contributed by atoms with Crippen molar-refractivity contribution in [1.82, 2.24) is 10.2 Å². The number of carbonyl (C=O) groups excluding carboxylic acids is 2. The number of ether oxygens (including phenoxy) is 2. The van der Waals surface area contributed by atoms with Gasteiger partial charge in [-0.05, 0) is 48.9 Å². The van der Waals surface area contributed by atoms with Crippen molar-refractivity contribution in [2.75, 3.05) is 13.7 Å². The van der Waals surface area contributed by atoms with E-state index in [1.165, 1.54) is 0 Å². The molecule has 0 heterocycles. The van der Waals surface area contributed by atoms with Gasteiger partial charge in [-0.25, -0.2) is 0 Å². The molecule has 0 spiro atoms. The molecule has 3 rings (SSSR count). The second-order valence-electron chi connectivity index (χ2n) is 8.38. The number of nitrogens with zero attached hydrogens (tertiary/aromatic N) is 1. The lowest BCUT2D eigenvalue weighted by molar-refractivity contribution is -0.143. The van der Waals surface area contributed by atoms with Gasteiger partial charge in [0.25, 0.3) is 5.91 Å². The van der Waals surface area contributed by atoms with Crippen LogP contribution in [-0.2, 0) is 16.1 Å². The molecule has 0 saturated carbocycles. The zero-order valence-electron chi connectivity index (χ0n) is 20.4. The Morgan fingerprint density at radius 3 is 2.44 bits per heavy atom. The molecular formula is C28H34N2O4. The predicted octanol–water partition coefficient (Wildman–Crippen LogP) is 4.95.